The summed E-state index contributed by atoms with van der Waals surface area (Å²) in [6.07, 6.45) is -1.23. The van der Waals surface area contributed by atoms with Crippen LogP contribution in [0, 0.1) is 5.82 Å². The Hall–Kier alpha value is -1.31. The first-order valence-electron chi connectivity index (χ1n) is 7.12. The maximum atomic E-state index is 13.7. The number of rotatable bonds is 4. The van der Waals surface area contributed by atoms with Crippen molar-refractivity contribution in [3.8, 4) is 0 Å². The summed E-state index contributed by atoms with van der Waals surface area (Å²) in [7, 11) is 0. The number of halogens is 5. The average molecular weight is 455 g/mol. The normalized spacial score (nSPS) is 12.2. The van der Waals surface area contributed by atoms with Crippen molar-refractivity contribution < 1.29 is 9.18 Å². The fourth-order valence-electron chi connectivity index (χ4n) is 1.91. The van der Waals surface area contributed by atoms with E-state index >= 15 is 0 Å². The van der Waals surface area contributed by atoms with Crippen molar-refractivity contribution in [1.82, 2.24) is 10.6 Å². The van der Waals surface area contributed by atoms with Gasteiger partial charge in [-0.05, 0) is 36.5 Å². The molecule has 138 valence electrons. The molecule has 0 heterocycles. The predicted octanol–water partition coefficient (Wildman–Crippen LogP) is 4.89. The Kier molecular flexibility index (Phi) is 7.32. The van der Waals surface area contributed by atoms with E-state index in [4.69, 9.17) is 58.6 Å². The van der Waals surface area contributed by atoms with Crippen molar-refractivity contribution in [2.45, 2.75) is 9.96 Å². The lowest BCUT2D eigenvalue weighted by Gasteiger charge is -2.28. The summed E-state index contributed by atoms with van der Waals surface area (Å²) in [6, 6.07) is 12.3. The van der Waals surface area contributed by atoms with Crippen LogP contribution in [-0.4, -0.2) is 21.0 Å². The lowest BCUT2D eigenvalue weighted by molar-refractivity contribution is 0.0930. The van der Waals surface area contributed by atoms with Crippen LogP contribution in [-0.2, 0) is 0 Å². The molecule has 0 radical (unpaired) electrons. The standard InChI is InChI=1S/C16H12Cl4FN3OS/c17-10-6-2-4-8-12(10)22-15(26)24-14(16(18,19)20)23-13(25)9-5-1-3-7-11(9)21/h1-8,14H,(H,23,25)(H2,22,24,26)/t14-/m0/s1. The Labute approximate surface area is 174 Å². The van der Waals surface area contributed by atoms with E-state index in [1.165, 1.54) is 18.2 Å². The summed E-state index contributed by atoms with van der Waals surface area (Å²) in [5.74, 6) is -1.47. The molecule has 0 aliphatic carbocycles. The minimum atomic E-state index is -1.97. The molecule has 2 aromatic rings. The lowest BCUT2D eigenvalue weighted by atomic mass is 10.2. The molecule has 0 bridgehead atoms. The van der Waals surface area contributed by atoms with Crippen LogP contribution in [0.2, 0.25) is 5.02 Å². The minimum Gasteiger partial charge on any atom is -0.339 e. The van der Waals surface area contributed by atoms with Crippen molar-refractivity contribution in [3.63, 3.8) is 0 Å². The molecular formula is C16H12Cl4FN3OS. The molecule has 26 heavy (non-hydrogen) atoms. The number of carbonyl (C=O) groups excluding carboxylic acids is 1. The van der Waals surface area contributed by atoms with Gasteiger partial charge in [-0.15, -0.1) is 0 Å². The maximum Gasteiger partial charge on any atom is 0.255 e. The summed E-state index contributed by atoms with van der Waals surface area (Å²) in [5, 5.41) is 8.36. The van der Waals surface area contributed by atoms with Gasteiger partial charge in [0.15, 0.2) is 5.11 Å². The molecule has 3 N–H and O–H groups in total. The molecular weight excluding hydrogens is 443 g/mol. The molecule has 0 aliphatic heterocycles. The topological polar surface area (TPSA) is 53.2 Å². The quantitative estimate of drug-likeness (QED) is 0.349. The minimum absolute atomic E-state index is 0.0447. The Morgan fingerprint density at radius 1 is 1.04 bits per heavy atom. The maximum absolute atomic E-state index is 13.7. The molecule has 2 rings (SSSR count). The molecule has 1 amide bonds. The average Bonchev–Trinajstić information content (AvgIpc) is 2.56. The molecule has 0 spiro atoms. The van der Waals surface area contributed by atoms with E-state index in [9.17, 15) is 9.18 Å². The highest BCUT2D eigenvalue weighted by molar-refractivity contribution is 7.80. The Balaban J connectivity index is 2.10. The van der Waals surface area contributed by atoms with Crippen LogP contribution >= 0.6 is 58.6 Å². The molecule has 1 atom stereocenters. The zero-order valence-corrected chi connectivity index (χ0v) is 16.7. The van der Waals surface area contributed by atoms with E-state index in [1.54, 1.807) is 24.3 Å². The van der Waals surface area contributed by atoms with Gasteiger partial charge in [-0.3, -0.25) is 4.79 Å². The lowest BCUT2D eigenvalue weighted by Crippen LogP contribution is -2.56. The first-order chi connectivity index (χ1) is 12.2. The SMILES string of the molecule is O=C(N[C@@H](NC(=S)Nc1ccccc1Cl)C(Cl)(Cl)Cl)c1ccccc1F. The van der Waals surface area contributed by atoms with Crippen molar-refractivity contribution >= 4 is 75.3 Å². The van der Waals surface area contributed by atoms with Gasteiger partial charge in [0, 0.05) is 0 Å². The fraction of sp³-hybridized carbons (Fsp3) is 0.125. The van der Waals surface area contributed by atoms with Crippen LogP contribution in [0.25, 0.3) is 0 Å². The van der Waals surface area contributed by atoms with E-state index < -0.39 is 21.7 Å². The van der Waals surface area contributed by atoms with Crippen LogP contribution in [0.3, 0.4) is 0 Å². The van der Waals surface area contributed by atoms with Crippen LogP contribution in [0.1, 0.15) is 10.4 Å². The molecule has 0 saturated heterocycles. The van der Waals surface area contributed by atoms with E-state index in [2.05, 4.69) is 16.0 Å². The third-order valence-electron chi connectivity index (χ3n) is 3.12. The van der Waals surface area contributed by atoms with Gasteiger partial charge in [-0.1, -0.05) is 70.7 Å². The largest absolute Gasteiger partial charge is 0.339 e. The number of para-hydroxylation sites is 1. The molecule has 0 fully saturated rings. The second-order valence-electron chi connectivity index (χ2n) is 5.01. The van der Waals surface area contributed by atoms with Gasteiger partial charge in [0.25, 0.3) is 5.91 Å². The number of nitrogens with one attached hydrogen (secondary N) is 3. The smallest absolute Gasteiger partial charge is 0.255 e. The van der Waals surface area contributed by atoms with E-state index in [-0.39, 0.29) is 10.7 Å². The van der Waals surface area contributed by atoms with E-state index in [1.807, 2.05) is 0 Å². The molecule has 10 heteroatoms. The number of hydrogen-bond acceptors (Lipinski definition) is 2. The van der Waals surface area contributed by atoms with E-state index in [0.29, 0.717) is 10.7 Å². The first-order valence-corrected chi connectivity index (χ1v) is 9.04. The number of alkyl halides is 3. The second-order valence-corrected chi connectivity index (χ2v) is 8.19. The van der Waals surface area contributed by atoms with Crippen molar-refractivity contribution in [1.29, 1.82) is 0 Å². The summed E-state index contributed by atoms with van der Waals surface area (Å²) < 4.78 is 11.8. The molecule has 0 unspecified atom stereocenters. The van der Waals surface area contributed by atoms with Gasteiger partial charge in [0.2, 0.25) is 3.79 Å². The van der Waals surface area contributed by atoms with Crippen molar-refractivity contribution in [3.05, 3.63) is 64.9 Å². The number of benzene rings is 2. The number of anilines is 1. The van der Waals surface area contributed by atoms with E-state index in [0.717, 1.165) is 6.07 Å². The van der Waals surface area contributed by atoms with Crippen molar-refractivity contribution in [2.75, 3.05) is 5.32 Å². The van der Waals surface area contributed by atoms with Crippen LogP contribution < -0.4 is 16.0 Å². The highest BCUT2D eigenvalue weighted by atomic mass is 35.6. The monoisotopic (exact) mass is 453 g/mol. The van der Waals surface area contributed by atoms with Gasteiger partial charge in [0.05, 0.1) is 16.3 Å². The fourth-order valence-corrected chi connectivity index (χ4v) is 2.64. The molecule has 2 aromatic carbocycles. The molecule has 4 nitrogen and oxygen atoms in total. The first kappa shape index (κ1) is 21.0. The zero-order chi connectivity index (χ0) is 19.3. The molecule has 0 aliphatic rings. The Morgan fingerprint density at radius 2 is 1.65 bits per heavy atom. The van der Waals surface area contributed by atoms with Crippen LogP contribution in [0.5, 0.6) is 0 Å². The van der Waals surface area contributed by atoms with Crippen LogP contribution in [0.15, 0.2) is 48.5 Å². The van der Waals surface area contributed by atoms with Crippen LogP contribution in [0.4, 0.5) is 10.1 Å². The summed E-state index contributed by atoms with van der Waals surface area (Å²) >= 11 is 28.9. The van der Waals surface area contributed by atoms with Gasteiger partial charge >= 0.3 is 0 Å². The molecule has 0 saturated carbocycles. The third-order valence-corrected chi connectivity index (χ3v) is 4.32. The Bertz CT molecular complexity index is 816. The summed E-state index contributed by atoms with van der Waals surface area (Å²) in [6.45, 7) is 0. The number of amides is 1. The second kappa shape index (κ2) is 9.06. The number of thiocarbonyl (C=S) groups is 1. The van der Waals surface area contributed by atoms with Gasteiger partial charge in [0.1, 0.15) is 12.0 Å². The highest BCUT2D eigenvalue weighted by Crippen LogP contribution is 2.29. The zero-order valence-electron chi connectivity index (χ0n) is 12.9. The highest BCUT2D eigenvalue weighted by Gasteiger charge is 2.35. The van der Waals surface area contributed by atoms with Crippen molar-refractivity contribution in [2.24, 2.45) is 0 Å². The summed E-state index contributed by atoms with van der Waals surface area (Å²) in [5.41, 5.74) is 0.327. The number of carbonyl (C=O) groups is 1. The van der Waals surface area contributed by atoms with Gasteiger partial charge in [-0.2, -0.15) is 0 Å². The number of hydrogen-bond donors (Lipinski definition) is 3. The summed E-state index contributed by atoms with van der Waals surface area (Å²) in [4.78, 5) is 12.3. The third kappa shape index (κ3) is 5.86. The van der Waals surface area contributed by atoms with Gasteiger partial charge in [-0.25, -0.2) is 4.39 Å². The van der Waals surface area contributed by atoms with Gasteiger partial charge < -0.3 is 16.0 Å². The Morgan fingerprint density at radius 3 is 2.27 bits per heavy atom. The molecule has 0 aromatic heterocycles. The predicted molar refractivity (Wildman–Crippen MR) is 109 cm³/mol.